The summed E-state index contributed by atoms with van der Waals surface area (Å²) in [6.07, 6.45) is 0. The van der Waals surface area contributed by atoms with Crippen molar-refractivity contribution in [1.29, 1.82) is 0 Å². The molecule has 0 aliphatic rings. The highest BCUT2D eigenvalue weighted by Gasteiger charge is 2.19. The first-order valence-corrected chi connectivity index (χ1v) is 9.10. The fraction of sp³-hybridized carbons (Fsp3) is 0.130. The van der Waals surface area contributed by atoms with Gasteiger partial charge in [0.05, 0.1) is 5.56 Å². The predicted octanol–water partition coefficient (Wildman–Crippen LogP) is 1.96. The van der Waals surface area contributed by atoms with Gasteiger partial charge in [-0.05, 0) is 18.2 Å². The summed E-state index contributed by atoms with van der Waals surface area (Å²) in [5.41, 5.74) is 7.88. The van der Waals surface area contributed by atoms with Gasteiger partial charge >= 0.3 is 0 Å². The lowest BCUT2D eigenvalue weighted by Crippen LogP contribution is -3.10. The highest BCUT2D eigenvalue weighted by atomic mass is 16.3. The second-order valence-corrected chi connectivity index (χ2v) is 6.77. The Balaban J connectivity index is 1.81. The van der Waals surface area contributed by atoms with E-state index in [1.165, 1.54) is 18.2 Å². The molecule has 5 nitrogen and oxygen atoms in total. The number of Topliss-reactive ketones (excluding diaryl/α,β-unsaturated/α-hetero) is 1. The van der Waals surface area contributed by atoms with E-state index in [4.69, 9.17) is 5.73 Å². The minimum absolute atomic E-state index is 0.0430. The number of hydrogen-bond donors (Lipinski definition) is 3. The second-order valence-electron chi connectivity index (χ2n) is 6.77. The zero-order valence-electron chi connectivity index (χ0n) is 15.5. The van der Waals surface area contributed by atoms with Gasteiger partial charge in [0, 0.05) is 16.7 Å². The van der Waals surface area contributed by atoms with Crippen LogP contribution in [0, 0.1) is 0 Å². The Morgan fingerprint density at radius 1 is 0.821 bits per heavy atom. The van der Waals surface area contributed by atoms with Crippen molar-refractivity contribution < 1.29 is 19.6 Å². The monoisotopic (exact) mass is 375 g/mol. The van der Waals surface area contributed by atoms with Gasteiger partial charge in [-0.2, -0.15) is 0 Å². The molecule has 1 amide bonds. The Kier molecular flexibility index (Phi) is 6.19. The number of phenols is 1. The third-order valence-corrected chi connectivity index (χ3v) is 4.59. The van der Waals surface area contributed by atoms with E-state index in [0.717, 1.165) is 16.0 Å². The third-order valence-electron chi connectivity index (χ3n) is 4.59. The molecule has 0 aromatic heterocycles. The minimum atomic E-state index is -0.759. The fourth-order valence-corrected chi connectivity index (χ4v) is 3.19. The molecular weight excluding hydrogens is 352 g/mol. The van der Waals surface area contributed by atoms with E-state index in [9.17, 15) is 14.7 Å². The van der Waals surface area contributed by atoms with E-state index in [1.54, 1.807) is 0 Å². The maximum atomic E-state index is 12.9. The van der Waals surface area contributed by atoms with Crippen molar-refractivity contribution in [3.63, 3.8) is 0 Å². The molecule has 0 atom stereocenters. The van der Waals surface area contributed by atoms with Crippen LogP contribution in [0.5, 0.6) is 5.75 Å². The van der Waals surface area contributed by atoms with Crippen LogP contribution >= 0.6 is 0 Å². The lowest BCUT2D eigenvalue weighted by atomic mass is 10.0. The van der Waals surface area contributed by atoms with Crippen molar-refractivity contribution in [1.82, 2.24) is 0 Å². The summed E-state index contributed by atoms with van der Waals surface area (Å²) >= 11 is 0. The molecule has 5 heteroatoms. The van der Waals surface area contributed by atoms with Crippen molar-refractivity contribution in [2.45, 2.75) is 13.1 Å². The van der Waals surface area contributed by atoms with E-state index in [2.05, 4.69) is 0 Å². The van der Waals surface area contributed by atoms with Gasteiger partial charge in [0.1, 0.15) is 25.4 Å². The molecule has 142 valence electrons. The number of nitrogens with two attached hydrogens (primary N) is 1. The maximum Gasteiger partial charge on any atom is 0.252 e. The number of aromatic hydroxyl groups is 1. The Morgan fingerprint density at radius 2 is 1.36 bits per heavy atom. The second kappa shape index (κ2) is 8.97. The summed E-state index contributed by atoms with van der Waals surface area (Å²) in [6, 6.07) is 24.3. The molecule has 0 aliphatic carbocycles. The number of carbonyl (C=O) groups is 2. The van der Waals surface area contributed by atoms with Crippen LogP contribution in [-0.2, 0) is 13.1 Å². The Bertz CT molecular complexity index is 915. The molecule has 0 spiro atoms. The number of primary amides is 1. The van der Waals surface area contributed by atoms with E-state index in [0.29, 0.717) is 18.7 Å². The lowest BCUT2D eigenvalue weighted by Gasteiger charge is -2.19. The molecule has 0 bridgehead atoms. The third kappa shape index (κ3) is 5.05. The smallest absolute Gasteiger partial charge is 0.252 e. The summed E-state index contributed by atoms with van der Waals surface area (Å²) in [4.78, 5) is 25.4. The number of rotatable bonds is 8. The van der Waals surface area contributed by atoms with Gasteiger partial charge in [-0.25, -0.2) is 0 Å². The molecule has 0 saturated heterocycles. The lowest BCUT2D eigenvalue weighted by molar-refractivity contribution is -0.919. The van der Waals surface area contributed by atoms with Crippen LogP contribution in [0.2, 0.25) is 0 Å². The molecule has 3 rings (SSSR count). The van der Waals surface area contributed by atoms with Crippen LogP contribution in [0.15, 0.2) is 78.9 Å². The van der Waals surface area contributed by atoms with Crippen LogP contribution in [0.25, 0.3) is 0 Å². The largest absolute Gasteiger partial charge is 0.507 e. The van der Waals surface area contributed by atoms with Crippen molar-refractivity contribution in [2.24, 2.45) is 5.73 Å². The van der Waals surface area contributed by atoms with Gasteiger partial charge in [-0.1, -0.05) is 60.7 Å². The summed E-state index contributed by atoms with van der Waals surface area (Å²) in [5, 5.41) is 9.74. The minimum Gasteiger partial charge on any atom is -0.507 e. The molecule has 0 aliphatic heterocycles. The first kappa shape index (κ1) is 19.3. The van der Waals surface area contributed by atoms with Crippen molar-refractivity contribution in [3.05, 3.63) is 101 Å². The molecule has 0 heterocycles. The molecule has 0 radical (unpaired) electrons. The zero-order valence-corrected chi connectivity index (χ0v) is 15.5. The number of ketones is 1. The molecule has 0 saturated carbocycles. The van der Waals surface area contributed by atoms with Crippen molar-refractivity contribution in [2.75, 3.05) is 6.54 Å². The standard InChI is InChI=1S/C23H22N2O3/c24-23(28)20-13-19(11-12-21(20)26)22(27)16-25(14-17-7-3-1-4-8-17)15-18-9-5-2-6-10-18/h1-13,26H,14-16H2,(H2,24,28)/p+1. The van der Waals surface area contributed by atoms with E-state index in [1.807, 2.05) is 60.7 Å². The molecular formula is C23H23N2O3+. The first-order chi connectivity index (χ1) is 13.5. The zero-order chi connectivity index (χ0) is 19.9. The molecule has 3 aromatic carbocycles. The van der Waals surface area contributed by atoms with Crippen molar-refractivity contribution >= 4 is 11.7 Å². The average Bonchev–Trinajstić information content (AvgIpc) is 2.69. The Hall–Kier alpha value is -3.44. The molecule has 0 unspecified atom stereocenters. The number of quaternary nitrogens is 1. The van der Waals surface area contributed by atoms with Crippen LogP contribution in [-0.4, -0.2) is 23.3 Å². The highest BCUT2D eigenvalue weighted by Crippen LogP contribution is 2.18. The average molecular weight is 375 g/mol. The van der Waals surface area contributed by atoms with Gasteiger partial charge in [-0.15, -0.1) is 0 Å². The fourth-order valence-electron chi connectivity index (χ4n) is 3.19. The summed E-state index contributed by atoms with van der Waals surface area (Å²) in [6.45, 7) is 1.65. The quantitative estimate of drug-likeness (QED) is 0.526. The van der Waals surface area contributed by atoms with Gasteiger partial charge in [-0.3, -0.25) is 9.59 Å². The summed E-state index contributed by atoms with van der Waals surface area (Å²) in [5.74, 6) is -1.09. The first-order valence-electron chi connectivity index (χ1n) is 9.10. The van der Waals surface area contributed by atoms with Gasteiger partial charge in [0.15, 0.2) is 0 Å². The Morgan fingerprint density at radius 3 is 1.86 bits per heavy atom. The Labute approximate surface area is 164 Å². The van der Waals surface area contributed by atoms with Gasteiger partial charge in [0.25, 0.3) is 5.91 Å². The normalized spacial score (nSPS) is 10.8. The summed E-state index contributed by atoms with van der Waals surface area (Å²) in [7, 11) is 0. The predicted molar refractivity (Wildman–Crippen MR) is 107 cm³/mol. The van der Waals surface area contributed by atoms with Gasteiger partial charge in [0.2, 0.25) is 5.78 Å². The van der Waals surface area contributed by atoms with E-state index >= 15 is 0 Å². The number of nitrogens with one attached hydrogen (secondary N) is 1. The molecule has 28 heavy (non-hydrogen) atoms. The SMILES string of the molecule is NC(=O)c1cc(C(=O)C[NH+](Cc2ccccc2)Cc2ccccc2)ccc1O. The van der Waals surface area contributed by atoms with E-state index < -0.39 is 5.91 Å². The number of hydrogen-bond acceptors (Lipinski definition) is 3. The molecule has 4 N–H and O–H groups in total. The topological polar surface area (TPSA) is 84.8 Å². The number of amides is 1. The number of carbonyl (C=O) groups excluding carboxylic acids is 2. The highest BCUT2D eigenvalue weighted by molar-refractivity contribution is 6.02. The molecule has 0 fully saturated rings. The molecule has 3 aromatic rings. The van der Waals surface area contributed by atoms with Crippen LogP contribution in [0.3, 0.4) is 0 Å². The number of benzene rings is 3. The van der Waals surface area contributed by atoms with E-state index in [-0.39, 0.29) is 23.6 Å². The summed E-state index contributed by atoms with van der Waals surface area (Å²) < 4.78 is 0. The van der Waals surface area contributed by atoms with Crippen molar-refractivity contribution in [3.8, 4) is 5.75 Å². The van der Waals surface area contributed by atoms with Crippen LogP contribution in [0.1, 0.15) is 31.8 Å². The maximum absolute atomic E-state index is 12.9. The van der Waals surface area contributed by atoms with Gasteiger partial charge < -0.3 is 15.7 Å². The van der Waals surface area contributed by atoms with Crippen LogP contribution in [0.4, 0.5) is 0 Å². The van der Waals surface area contributed by atoms with Crippen LogP contribution < -0.4 is 10.6 Å².